The molecule has 0 bridgehead atoms. The third-order valence-corrected chi connectivity index (χ3v) is 3.59. The molecule has 0 aliphatic heterocycles. The van der Waals surface area contributed by atoms with Gasteiger partial charge in [-0.05, 0) is 49.9 Å². The number of anilines is 1. The van der Waals surface area contributed by atoms with Crippen LogP contribution in [0.3, 0.4) is 0 Å². The van der Waals surface area contributed by atoms with Crippen molar-refractivity contribution in [3.8, 4) is 11.8 Å². The zero-order chi connectivity index (χ0) is 16.9. The van der Waals surface area contributed by atoms with Crippen molar-refractivity contribution in [2.24, 2.45) is 0 Å². The molecule has 0 unspecified atom stereocenters. The van der Waals surface area contributed by atoms with E-state index in [1.54, 1.807) is 0 Å². The predicted octanol–water partition coefficient (Wildman–Crippen LogP) is 2.95. The van der Waals surface area contributed by atoms with E-state index in [-0.39, 0.29) is 18.2 Å². The molecule has 0 atom stereocenters. The van der Waals surface area contributed by atoms with E-state index in [2.05, 4.69) is 21.4 Å². The lowest BCUT2D eigenvalue weighted by molar-refractivity contribution is -0.274. The summed E-state index contributed by atoms with van der Waals surface area (Å²) < 4.78 is 39.9. The van der Waals surface area contributed by atoms with Crippen LogP contribution in [-0.4, -0.2) is 24.4 Å². The number of nitrogens with zero attached hydrogens (tertiary/aromatic N) is 1. The van der Waals surface area contributed by atoms with E-state index < -0.39 is 11.9 Å². The molecule has 1 aliphatic carbocycles. The third-order valence-electron chi connectivity index (χ3n) is 3.59. The van der Waals surface area contributed by atoms with Crippen molar-refractivity contribution in [1.29, 1.82) is 5.26 Å². The molecular weight excluding hydrogens is 311 g/mol. The van der Waals surface area contributed by atoms with Crippen LogP contribution in [0.25, 0.3) is 0 Å². The second kappa shape index (κ2) is 6.77. The fourth-order valence-corrected chi connectivity index (χ4v) is 2.51. The highest BCUT2D eigenvalue weighted by Gasteiger charge is 2.35. The molecule has 0 saturated heterocycles. The van der Waals surface area contributed by atoms with Gasteiger partial charge in [0.15, 0.2) is 0 Å². The molecule has 1 aromatic carbocycles. The van der Waals surface area contributed by atoms with Crippen molar-refractivity contribution < 1.29 is 22.7 Å². The second-order valence-electron chi connectivity index (χ2n) is 5.37. The van der Waals surface area contributed by atoms with Crippen LogP contribution in [0.5, 0.6) is 5.75 Å². The standard InChI is InChI=1S/C15H16F3N3O2/c16-15(17,18)23-12-5-3-11(4-6-12)20-9-13(22)21-14(10-19)7-1-2-8-14/h3-6,20H,1-2,7-9H2,(H,21,22). The van der Waals surface area contributed by atoms with Crippen LogP contribution >= 0.6 is 0 Å². The van der Waals surface area contributed by atoms with Crippen molar-refractivity contribution in [2.75, 3.05) is 11.9 Å². The molecule has 1 aliphatic rings. The molecule has 2 rings (SSSR count). The summed E-state index contributed by atoms with van der Waals surface area (Å²) in [6, 6.07) is 7.22. The number of ether oxygens (including phenoxy) is 1. The molecule has 8 heteroatoms. The predicted molar refractivity (Wildman–Crippen MR) is 76.6 cm³/mol. The van der Waals surface area contributed by atoms with Gasteiger partial charge in [-0.2, -0.15) is 5.26 Å². The summed E-state index contributed by atoms with van der Waals surface area (Å²) in [7, 11) is 0. The minimum absolute atomic E-state index is 0.0666. The Kier molecular flexibility index (Phi) is 4.98. The van der Waals surface area contributed by atoms with Gasteiger partial charge in [-0.3, -0.25) is 4.79 Å². The molecule has 1 saturated carbocycles. The fraction of sp³-hybridized carbons (Fsp3) is 0.467. The lowest BCUT2D eigenvalue weighted by Gasteiger charge is -2.22. The van der Waals surface area contributed by atoms with Gasteiger partial charge in [-0.15, -0.1) is 13.2 Å². The Balaban J connectivity index is 1.84. The molecule has 1 fully saturated rings. The van der Waals surface area contributed by atoms with Crippen molar-refractivity contribution >= 4 is 11.6 Å². The number of benzene rings is 1. The second-order valence-corrected chi connectivity index (χ2v) is 5.37. The minimum Gasteiger partial charge on any atom is -0.406 e. The van der Waals surface area contributed by atoms with Gasteiger partial charge in [-0.25, -0.2) is 0 Å². The average Bonchev–Trinajstić information content (AvgIpc) is 2.94. The van der Waals surface area contributed by atoms with Crippen molar-refractivity contribution in [3.63, 3.8) is 0 Å². The van der Waals surface area contributed by atoms with E-state index in [1.165, 1.54) is 12.1 Å². The van der Waals surface area contributed by atoms with Crippen LogP contribution in [0.4, 0.5) is 18.9 Å². The Labute approximate surface area is 131 Å². The number of nitrogens with one attached hydrogen (secondary N) is 2. The molecule has 0 aromatic heterocycles. The number of hydrogen-bond donors (Lipinski definition) is 2. The average molecular weight is 327 g/mol. The van der Waals surface area contributed by atoms with Crippen molar-refractivity contribution in [3.05, 3.63) is 24.3 Å². The van der Waals surface area contributed by atoms with E-state index in [4.69, 9.17) is 0 Å². The fourth-order valence-electron chi connectivity index (χ4n) is 2.51. The largest absolute Gasteiger partial charge is 0.573 e. The van der Waals surface area contributed by atoms with Crippen molar-refractivity contribution in [1.82, 2.24) is 5.32 Å². The van der Waals surface area contributed by atoms with Crippen molar-refractivity contribution in [2.45, 2.75) is 37.6 Å². The highest BCUT2D eigenvalue weighted by molar-refractivity contribution is 5.81. The SMILES string of the molecule is N#CC1(NC(=O)CNc2ccc(OC(F)(F)F)cc2)CCCC1. The molecule has 124 valence electrons. The first-order chi connectivity index (χ1) is 10.8. The number of halogens is 3. The Hall–Kier alpha value is -2.43. The number of hydrogen-bond acceptors (Lipinski definition) is 4. The molecular formula is C15H16F3N3O2. The molecule has 0 spiro atoms. The highest BCUT2D eigenvalue weighted by atomic mass is 19.4. The molecule has 1 amide bonds. The van der Waals surface area contributed by atoms with Gasteiger partial charge in [0.25, 0.3) is 0 Å². The summed E-state index contributed by atoms with van der Waals surface area (Å²) in [5.74, 6) is -0.661. The van der Waals surface area contributed by atoms with E-state index in [0.29, 0.717) is 18.5 Å². The quantitative estimate of drug-likeness (QED) is 0.872. The van der Waals surface area contributed by atoms with E-state index >= 15 is 0 Å². The summed E-state index contributed by atoms with van der Waals surface area (Å²) in [6.07, 6.45) is -1.65. The van der Waals surface area contributed by atoms with E-state index in [1.807, 2.05) is 0 Å². The summed E-state index contributed by atoms with van der Waals surface area (Å²) >= 11 is 0. The first kappa shape index (κ1) is 16.9. The highest BCUT2D eigenvalue weighted by Crippen LogP contribution is 2.28. The monoisotopic (exact) mass is 327 g/mol. The number of nitriles is 1. The van der Waals surface area contributed by atoms with Crippen LogP contribution in [0.2, 0.25) is 0 Å². The van der Waals surface area contributed by atoms with Gasteiger partial charge in [0, 0.05) is 5.69 Å². The maximum Gasteiger partial charge on any atom is 0.573 e. The smallest absolute Gasteiger partial charge is 0.406 e. The normalized spacial score (nSPS) is 16.4. The third kappa shape index (κ3) is 5.06. The molecule has 0 radical (unpaired) electrons. The van der Waals surface area contributed by atoms with Gasteiger partial charge in [0.05, 0.1) is 12.6 Å². The Bertz CT molecular complexity index is 587. The molecule has 5 nitrogen and oxygen atoms in total. The van der Waals surface area contributed by atoms with Gasteiger partial charge in [-0.1, -0.05) is 0 Å². The summed E-state index contributed by atoms with van der Waals surface area (Å²) in [5, 5.41) is 14.7. The summed E-state index contributed by atoms with van der Waals surface area (Å²) in [4.78, 5) is 11.9. The van der Waals surface area contributed by atoms with Gasteiger partial charge < -0.3 is 15.4 Å². The first-order valence-electron chi connectivity index (χ1n) is 7.14. The number of amides is 1. The molecule has 23 heavy (non-hydrogen) atoms. The Morgan fingerprint density at radius 3 is 2.39 bits per heavy atom. The van der Waals surface area contributed by atoms with Crippen LogP contribution in [0, 0.1) is 11.3 Å². The Morgan fingerprint density at radius 2 is 1.87 bits per heavy atom. The number of carbonyl (C=O) groups is 1. The van der Waals surface area contributed by atoms with Crippen LogP contribution in [0.1, 0.15) is 25.7 Å². The zero-order valence-electron chi connectivity index (χ0n) is 12.2. The van der Waals surface area contributed by atoms with Gasteiger partial charge >= 0.3 is 6.36 Å². The van der Waals surface area contributed by atoms with E-state index in [9.17, 15) is 23.2 Å². The Morgan fingerprint density at radius 1 is 1.26 bits per heavy atom. The summed E-state index contributed by atoms with van der Waals surface area (Å²) in [5.41, 5.74) is -0.310. The maximum atomic E-state index is 12.0. The first-order valence-corrected chi connectivity index (χ1v) is 7.14. The minimum atomic E-state index is -4.73. The number of rotatable bonds is 5. The maximum absolute atomic E-state index is 12.0. The lowest BCUT2D eigenvalue weighted by atomic mass is 10.00. The zero-order valence-corrected chi connectivity index (χ0v) is 12.2. The summed E-state index contributed by atoms with van der Waals surface area (Å²) in [6.45, 7) is -0.0666. The van der Waals surface area contributed by atoms with Crippen LogP contribution < -0.4 is 15.4 Å². The van der Waals surface area contributed by atoms with Gasteiger partial charge in [0.1, 0.15) is 11.3 Å². The van der Waals surface area contributed by atoms with Crippen LogP contribution in [0.15, 0.2) is 24.3 Å². The number of carbonyl (C=O) groups excluding carboxylic acids is 1. The molecule has 0 heterocycles. The number of alkyl halides is 3. The topological polar surface area (TPSA) is 74.2 Å². The van der Waals surface area contributed by atoms with Crippen LogP contribution in [-0.2, 0) is 4.79 Å². The molecule has 2 N–H and O–H groups in total. The lowest BCUT2D eigenvalue weighted by Crippen LogP contribution is -2.47. The molecule has 1 aromatic rings. The van der Waals surface area contributed by atoms with Gasteiger partial charge in [0.2, 0.25) is 5.91 Å². The van der Waals surface area contributed by atoms with E-state index in [0.717, 1.165) is 25.0 Å².